The first-order valence-electron chi connectivity index (χ1n) is 6.35. The van der Waals surface area contributed by atoms with Crippen LogP contribution < -0.4 is 16.0 Å². The summed E-state index contributed by atoms with van der Waals surface area (Å²) >= 11 is 0. The molecule has 0 aliphatic rings. The van der Waals surface area contributed by atoms with E-state index in [1.807, 2.05) is 20.0 Å². The molecule has 0 fully saturated rings. The lowest BCUT2D eigenvalue weighted by atomic mass is 10.1. The second kappa shape index (κ2) is 9.34. The van der Waals surface area contributed by atoms with E-state index in [4.69, 9.17) is 0 Å². The normalized spacial score (nSPS) is 9.55. The number of carbonyl (C=O) groups is 2. The molecular weight excluding hydrogens is 278 g/mol. The number of amides is 2. The number of carbonyl (C=O) groups excluding carboxylic acids is 2. The Morgan fingerprint density at radius 2 is 1.90 bits per heavy atom. The van der Waals surface area contributed by atoms with Crippen molar-refractivity contribution in [1.82, 2.24) is 10.6 Å². The maximum absolute atomic E-state index is 11.8. The zero-order valence-corrected chi connectivity index (χ0v) is 12.9. The minimum atomic E-state index is -0.200. The van der Waals surface area contributed by atoms with Gasteiger partial charge < -0.3 is 16.0 Å². The minimum absolute atomic E-state index is 0. The van der Waals surface area contributed by atoms with E-state index < -0.39 is 0 Å². The summed E-state index contributed by atoms with van der Waals surface area (Å²) in [5, 5.41) is 8.35. The van der Waals surface area contributed by atoms with Gasteiger partial charge in [0.15, 0.2) is 0 Å². The standard InChI is InChI=1S/C14H21N3O2.ClH/c1-10-6-7-12(11(9-10)14(19)16-3)17-13(18)5-4-8-15-2;/h6-7,9,15H,4-5,8H2,1-3H3,(H,16,19)(H,17,18);1H. The van der Waals surface area contributed by atoms with E-state index >= 15 is 0 Å². The van der Waals surface area contributed by atoms with E-state index in [-0.39, 0.29) is 24.2 Å². The summed E-state index contributed by atoms with van der Waals surface area (Å²) in [4.78, 5) is 23.5. The lowest BCUT2D eigenvalue weighted by molar-refractivity contribution is -0.116. The van der Waals surface area contributed by atoms with Crippen LogP contribution in [0.2, 0.25) is 0 Å². The third-order valence-corrected chi connectivity index (χ3v) is 2.75. The lowest BCUT2D eigenvalue weighted by Gasteiger charge is -2.11. The molecule has 1 aromatic carbocycles. The van der Waals surface area contributed by atoms with E-state index in [2.05, 4.69) is 16.0 Å². The molecule has 112 valence electrons. The van der Waals surface area contributed by atoms with E-state index in [9.17, 15) is 9.59 Å². The van der Waals surface area contributed by atoms with Crippen LogP contribution in [0.4, 0.5) is 5.69 Å². The number of hydrogen-bond acceptors (Lipinski definition) is 3. The van der Waals surface area contributed by atoms with Crippen LogP contribution >= 0.6 is 12.4 Å². The van der Waals surface area contributed by atoms with Crippen LogP contribution in [-0.4, -0.2) is 32.5 Å². The van der Waals surface area contributed by atoms with Gasteiger partial charge in [-0.25, -0.2) is 0 Å². The molecule has 0 spiro atoms. The minimum Gasteiger partial charge on any atom is -0.355 e. The van der Waals surface area contributed by atoms with Crippen LogP contribution in [0.3, 0.4) is 0 Å². The first kappa shape index (κ1) is 18.4. The van der Waals surface area contributed by atoms with Gasteiger partial charge in [0.2, 0.25) is 5.91 Å². The smallest absolute Gasteiger partial charge is 0.253 e. The summed E-state index contributed by atoms with van der Waals surface area (Å²) in [5.41, 5.74) is 2.02. The molecule has 0 unspecified atom stereocenters. The number of aryl methyl sites for hydroxylation is 1. The molecule has 0 heterocycles. The third-order valence-electron chi connectivity index (χ3n) is 2.75. The van der Waals surface area contributed by atoms with Crippen LogP contribution in [-0.2, 0) is 4.79 Å². The largest absolute Gasteiger partial charge is 0.355 e. The Balaban J connectivity index is 0.00000361. The second-order valence-electron chi connectivity index (χ2n) is 4.38. The first-order chi connectivity index (χ1) is 9.08. The van der Waals surface area contributed by atoms with Crippen molar-refractivity contribution in [1.29, 1.82) is 0 Å². The Kier molecular flexibility index (Phi) is 8.59. The van der Waals surface area contributed by atoms with Crippen LogP contribution in [0.25, 0.3) is 0 Å². The van der Waals surface area contributed by atoms with Crippen molar-refractivity contribution < 1.29 is 9.59 Å². The number of rotatable bonds is 6. The van der Waals surface area contributed by atoms with Gasteiger partial charge in [0, 0.05) is 13.5 Å². The Morgan fingerprint density at radius 3 is 2.50 bits per heavy atom. The second-order valence-corrected chi connectivity index (χ2v) is 4.38. The van der Waals surface area contributed by atoms with Crippen LogP contribution in [0.1, 0.15) is 28.8 Å². The zero-order chi connectivity index (χ0) is 14.3. The van der Waals surface area contributed by atoms with E-state index in [1.54, 1.807) is 19.2 Å². The van der Waals surface area contributed by atoms with Gasteiger partial charge in [-0.15, -0.1) is 12.4 Å². The Morgan fingerprint density at radius 1 is 1.20 bits per heavy atom. The maximum atomic E-state index is 11.8. The SMILES string of the molecule is CNCCCC(=O)Nc1ccc(C)cc1C(=O)NC.Cl. The number of anilines is 1. The predicted octanol–water partition coefficient (Wildman–Crippen LogP) is 1.71. The maximum Gasteiger partial charge on any atom is 0.253 e. The molecule has 0 atom stereocenters. The summed E-state index contributed by atoms with van der Waals surface area (Å²) in [6, 6.07) is 5.40. The van der Waals surface area contributed by atoms with Crippen LogP contribution in [0.5, 0.6) is 0 Å². The van der Waals surface area contributed by atoms with Crippen molar-refractivity contribution in [2.75, 3.05) is 26.0 Å². The lowest BCUT2D eigenvalue weighted by Crippen LogP contribution is -2.22. The topological polar surface area (TPSA) is 70.2 Å². The monoisotopic (exact) mass is 299 g/mol. The molecule has 0 saturated carbocycles. The van der Waals surface area contributed by atoms with E-state index in [1.165, 1.54) is 0 Å². The Hall–Kier alpha value is -1.59. The quantitative estimate of drug-likeness (QED) is 0.701. The fourth-order valence-electron chi connectivity index (χ4n) is 1.73. The Bertz CT molecular complexity index is 464. The first-order valence-corrected chi connectivity index (χ1v) is 6.35. The fraction of sp³-hybridized carbons (Fsp3) is 0.429. The highest BCUT2D eigenvalue weighted by Gasteiger charge is 2.12. The van der Waals surface area contributed by atoms with Gasteiger partial charge in [-0.1, -0.05) is 11.6 Å². The van der Waals surface area contributed by atoms with Gasteiger partial charge >= 0.3 is 0 Å². The summed E-state index contributed by atoms with van der Waals surface area (Å²) in [6.45, 7) is 2.70. The summed E-state index contributed by atoms with van der Waals surface area (Å²) < 4.78 is 0. The van der Waals surface area contributed by atoms with Gasteiger partial charge in [0.1, 0.15) is 0 Å². The van der Waals surface area contributed by atoms with Crippen molar-refractivity contribution in [2.24, 2.45) is 0 Å². The highest BCUT2D eigenvalue weighted by atomic mass is 35.5. The molecule has 3 N–H and O–H groups in total. The molecule has 1 aromatic rings. The van der Waals surface area contributed by atoms with E-state index in [0.717, 1.165) is 18.5 Å². The highest BCUT2D eigenvalue weighted by molar-refractivity contribution is 6.03. The van der Waals surface area contributed by atoms with Crippen LogP contribution in [0.15, 0.2) is 18.2 Å². The number of halogens is 1. The molecule has 2 amide bonds. The molecule has 0 aromatic heterocycles. The summed E-state index contributed by atoms with van der Waals surface area (Å²) in [7, 11) is 3.42. The summed E-state index contributed by atoms with van der Waals surface area (Å²) in [5.74, 6) is -0.279. The molecule has 1 rings (SSSR count). The van der Waals surface area contributed by atoms with Crippen molar-refractivity contribution in [3.63, 3.8) is 0 Å². The molecule has 20 heavy (non-hydrogen) atoms. The van der Waals surface area contributed by atoms with Crippen molar-refractivity contribution in [3.8, 4) is 0 Å². The number of benzene rings is 1. The van der Waals surface area contributed by atoms with Crippen molar-refractivity contribution >= 4 is 29.9 Å². The molecule has 6 heteroatoms. The van der Waals surface area contributed by atoms with Crippen molar-refractivity contribution in [3.05, 3.63) is 29.3 Å². The molecule has 0 radical (unpaired) electrons. The average molecular weight is 300 g/mol. The average Bonchev–Trinajstić information content (AvgIpc) is 2.40. The molecule has 5 nitrogen and oxygen atoms in total. The zero-order valence-electron chi connectivity index (χ0n) is 12.1. The van der Waals surface area contributed by atoms with Gasteiger partial charge in [0.05, 0.1) is 11.3 Å². The fourth-order valence-corrected chi connectivity index (χ4v) is 1.73. The third kappa shape index (κ3) is 5.59. The van der Waals surface area contributed by atoms with Gasteiger partial charge in [-0.2, -0.15) is 0 Å². The van der Waals surface area contributed by atoms with Crippen molar-refractivity contribution in [2.45, 2.75) is 19.8 Å². The van der Waals surface area contributed by atoms with Crippen LogP contribution in [0, 0.1) is 6.92 Å². The van der Waals surface area contributed by atoms with Gasteiger partial charge in [-0.3, -0.25) is 9.59 Å². The number of nitrogens with one attached hydrogen (secondary N) is 3. The molecule has 0 aliphatic carbocycles. The van der Waals surface area contributed by atoms with E-state index in [0.29, 0.717) is 17.7 Å². The van der Waals surface area contributed by atoms with Gasteiger partial charge in [0.25, 0.3) is 5.91 Å². The molecule has 0 bridgehead atoms. The Labute approximate surface area is 125 Å². The predicted molar refractivity (Wildman–Crippen MR) is 83.6 cm³/mol. The molecule has 0 aliphatic heterocycles. The van der Waals surface area contributed by atoms with Gasteiger partial charge in [-0.05, 0) is 39.1 Å². The molecule has 0 saturated heterocycles. The summed E-state index contributed by atoms with van der Waals surface area (Å²) in [6.07, 6.45) is 1.20. The highest BCUT2D eigenvalue weighted by Crippen LogP contribution is 2.17. The molecular formula is C14H22ClN3O2. The number of hydrogen-bond donors (Lipinski definition) is 3.